The Morgan fingerprint density at radius 3 is 2.19 bits per heavy atom. The van der Waals surface area contributed by atoms with E-state index in [0.717, 1.165) is 9.87 Å². The van der Waals surface area contributed by atoms with Gasteiger partial charge >= 0.3 is 0 Å². The van der Waals surface area contributed by atoms with Crippen molar-refractivity contribution < 1.29 is 17.6 Å². The first-order chi connectivity index (χ1) is 15.2. The fourth-order valence-electron chi connectivity index (χ4n) is 2.83. The molecule has 0 aliphatic heterocycles. The number of carbonyl (C=O) groups excluding carboxylic acids is 1. The summed E-state index contributed by atoms with van der Waals surface area (Å²) in [7, 11) is -4.04. The third kappa shape index (κ3) is 5.72. The molecule has 0 aliphatic rings. The van der Waals surface area contributed by atoms with Gasteiger partial charge in [0.2, 0.25) is 0 Å². The Labute approximate surface area is 191 Å². The molecule has 0 heterocycles. The van der Waals surface area contributed by atoms with E-state index in [2.05, 4.69) is 10.5 Å². The molecule has 0 saturated heterocycles. The number of hydrazone groups is 1. The lowest BCUT2D eigenvalue weighted by Crippen LogP contribution is -2.39. The van der Waals surface area contributed by atoms with Gasteiger partial charge in [-0.1, -0.05) is 41.4 Å². The summed E-state index contributed by atoms with van der Waals surface area (Å²) in [6.07, 6.45) is 0. The fraction of sp³-hybridized carbons (Fsp3) is 0.130. The van der Waals surface area contributed by atoms with Crippen LogP contribution in [-0.2, 0) is 14.8 Å². The summed E-state index contributed by atoms with van der Waals surface area (Å²) >= 11 is 5.93. The minimum absolute atomic E-state index is 0.0526. The molecule has 166 valence electrons. The van der Waals surface area contributed by atoms with E-state index in [1.54, 1.807) is 31.2 Å². The van der Waals surface area contributed by atoms with E-state index in [1.807, 2.05) is 6.92 Å². The molecule has 0 saturated carbocycles. The van der Waals surface area contributed by atoms with Crippen molar-refractivity contribution in [3.63, 3.8) is 0 Å². The first-order valence-corrected chi connectivity index (χ1v) is 11.4. The highest BCUT2D eigenvalue weighted by Crippen LogP contribution is 2.25. The highest BCUT2D eigenvalue weighted by molar-refractivity contribution is 7.92. The van der Waals surface area contributed by atoms with Crippen LogP contribution >= 0.6 is 11.6 Å². The summed E-state index contributed by atoms with van der Waals surface area (Å²) in [5, 5.41) is 4.44. The topological polar surface area (TPSA) is 78.8 Å². The molecule has 9 heteroatoms. The normalized spacial score (nSPS) is 11.8. The second kappa shape index (κ2) is 9.93. The van der Waals surface area contributed by atoms with Crippen LogP contribution in [0.3, 0.4) is 0 Å². The summed E-state index contributed by atoms with van der Waals surface area (Å²) < 4.78 is 40.7. The van der Waals surface area contributed by atoms with Gasteiger partial charge in [0, 0.05) is 5.02 Å². The van der Waals surface area contributed by atoms with Crippen molar-refractivity contribution in [1.82, 2.24) is 5.43 Å². The average molecular weight is 474 g/mol. The number of sulfonamides is 1. The summed E-state index contributed by atoms with van der Waals surface area (Å²) in [6, 6.07) is 18.1. The summed E-state index contributed by atoms with van der Waals surface area (Å²) in [4.78, 5) is 12.7. The number of nitrogens with one attached hydrogen (secondary N) is 1. The molecule has 32 heavy (non-hydrogen) atoms. The summed E-state index contributed by atoms with van der Waals surface area (Å²) in [6.45, 7) is 2.99. The predicted molar refractivity (Wildman–Crippen MR) is 124 cm³/mol. The number of amides is 1. The number of hydrogen-bond donors (Lipinski definition) is 1. The standard InChI is InChI=1S/C23H21ClFN3O3S/c1-16-3-13-22(14-4-16)32(30,31)28(21-11-7-19(24)8-12-21)15-23(29)27-26-17(2)18-5-9-20(25)10-6-18/h3-14H,15H2,1-2H3,(H,27,29)/b26-17-. The lowest BCUT2D eigenvalue weighted by molar-refractivity contribution is -0.119. The van der Waals surface area contributed by atoms with E-state index in [4.69, 9.17) is 11.6 Å². The molecule has 1 N–H and O–H groups in total. The van der Waals surface area contributed by atoms with Gasteiger partial charge in [0.25, 0.3) is 15.9 Å². The number of rotatable bonds is 7. The van der Waals surface area contributed by atoms with Gasteiger partial charge in [0.15, 0.2) is 0 Å². The molecule has 0 aromatic heterocycles. The molecule has 0 fully saturated rings. The highest BCUT2D eigenvalue weighted by Gasteiger charge is 2.27. The first-order valence-electron chi connectivity index (χ1n) is 9.61. The van der Waals surface area contributed by atoms with Crippen molar-refractivity contribution >= 4 is 38.9 Å². The largest absolute Gasteiger partial charge is 0.271 e. The Kier molecular flexibility index (Phi) is 7.27. The van der Waals surface area contributed by atoms with E-state index in [1.165, 1.54) is 48.5 Å². The number of anilines is 1. The van der Waals surface area contributed by atoms with Crippen molar-refractivity contribution in [2.75, 3.05) is 10.8 Å². The van der Waals surface area contributed by atoms with Crippen LogP contribution in [0.15, 0.2) is 82.8 Å². The molecular weight excluding hydrogens is 453 g/mol. The molecule has 0 atom stereocenters. The third-order valence-corrected chi connectivity index (χ3v) is 6.66. The maximum Gasteiger partial charge on any atom is 0.264 e. The Hall–Kier alpha value is -3.23. The molecule has 3 aromatic rings. The van der Waals surface area contributed by atoms with E-state index in [9.17, 15) is 17.6 Å². The molecule has 3 rings (SSSR count). The smallest absolute Gasteiger partial charge is 0.264 e. The zero-order valence-electron chi connectivity index (χ0n) is 17.4. The number of nitrogens with zero attached hydrogens (tertiary/aromatic N) is 2. The van der Waals surface area contributed by atoms with Crippen molar-refractivity contribution in [2.45, 2.75) is 18.7 Å². The minimum Gasteiger partial charge on any atom is -0.271 e. The molecule has 6 nitrogen and oxygen atoms in total. The molecule has 1 amide bonds. The van der Waals surface area contributed by atoms with Gasteiger partial charge in [0.05, 0.1) is 16.3 Å². The number of benzene rings is 3. The van der Waals surface area contributed by atoms with Crippen LogP contribution in [-0.4, -0.2) is 26.6 Å². The van der Waals surface area contributed by atoms with Crippen LogP contribution in [0.2, 0.25) is 5.02 Å². The first kappa shape index (κ1) is 23.4. The predicted octanol–water partition coefficient (Wildman–Crippen LogP) is 4.52. The molecule has 0 spiro atoms. The van der Waals surface area contributed by atoms with Gasteiger partial charge in [-0.25, -0.2) is 18.2 Å². The number of halogens is 2. The van der Waals surface area contributed by atoms with Crippen LogP contribution in [0.1, 0.15) is 18.1 Å². The monoisotopic (exact) mass is 473 g/mol. The van der Waals surface area contributed by atoms with Gasteiger partial charge in [-0.2, -0.15) is 5.10 Å². The van der Waals surface area contributed by atoms with E-state index < -0.39 is 22.5 Å². The number of aryl methyl sites for hydroxylation is 1. The maximum absolute atomic E-state index is 13.3. The molecule has 0 unspecified atom stereocenters. The molecule has 3 aromatic carbocycles. The van der Waals surface area contributed by atoms with Gasteiger partial charge in [-0.15, -0.1) is 0 Å². The van der Waals surface area contributed by atoms with Crippen LogP contribution in [0.25, 0.3) is 0 Å². The number of hydrogen-bond acceptors (Lipinski definition) is 4. The molecule has 0 bridgehead atoms. The Morgan fingerprint density at radius 2 is 1.59 bits per heavy atom. The van der Waals surface area contributed by atoms with Gasteiger partial charge < -0.3 is 0 Å². The Balaban J connectivity index is 1.86. The fourth-order valence-corrected chi connectivity index (χ4v) is 4.37. The van der Waals surface area contributed by atoms with E-state index in [-0.39, 0.29) is 16.4 Å². The van der Waals surface area contributed by atoms with Gasteiger partial charge in [0.1, 0.15) is 12.4 Å². The Morgan fingerprint density at radius 1 is 1.00 bits per heavy atom. The second-order valence-electron chi connectivity index (χ2n) is 7.04. The third-order valence-electron chi connectivity index (χ3n) is 4.62. The SMILES string of the molecule is C/C(=N/NC(=O)CN(c1ccc(Cl)cc1)S(=O)(=O)c1ccc(C)cc1)c1ccc(F)cc1. The molecule has 0 aliphatic carbocycles. The quantitative estimate of drug-likeness (QED) is 0.404. The van der Waals surface area contributed by atoms with Crippen molar-refractivity contribution in [2.24, 2.45) is 5.10 Å². The Bertz CT molecular complexity index is 1230. The second-order valence-corrected chi connectivity index (χ2v) is 9.34. The van der Waals surface area contributed by atoms with Crippen LogP contribution in [0.5, 0.6) is 0 Å². The van der Waals surface area contributed by atoms with E-state index in [0.29, 0.717) is 16.3 Å². The van der Waals surface area contributed by atoms with Gasteiger partial charge in [-0.05, 0) is 67.9 Å². The number of carbonyl (C=O) groups is 1. The highest BCUT2D eigenvalue weighted by atomic mass is 35.5. The maximum atomic E-state index is 13.3. The zero-order chi connectivity index (χ0) is 23.3. The van der Waals surface area contributed by atoms with E-state index >= 15 is 0 Å². The van der Waals surface area contributed by atoms with Crippen LogP contribution in [0, 0.1) is 12.7 Å². The lowest BCUT2D eigenvalue weighted by atomic mass is 10.1. The summed E-state index contributed by atoms with van der Waals surface area (Å²) in [5.74, 6) is -1.03. The molecular formula is C23H21ClFN3O3S. The van der Waals surface area contributed by atoms with Crippen molar-refractivity contribution in [3.8, 4) is 0 Å². The van der Waals surface area contributed by atoms with Crippen molar-refractivity contribution in [1.29, 1.82) is 0 Å². The van der Waals surface area contributed by atoms with Crippen molar-refractivity contribution in [3.05, 3.63) is 94.8 Å². The van der Waals surface area contributed by atoms with Gasteiger partial charge in [-0.3, -0.25) is 9.10 Å². The average Bonchev–Trinajstić information content (AvgIpc) is 2.77. The lowest BCUT2D eigenvalue weighted by Gasteiger charge is -2.24. The minimum atomic E-state index is -4.04. The van der Waals surface area contributed by atoms with Crippen LogP contribution < -0.4 is 9.73 Å². The summed E-state index contributed by atoms with van der Waals surface area (Å²) in [5.41, 5.74) is 4.61. The zero-order valence-corrected chi connectivity index (χ0v) is 19.0. The molecule has 0 radical (unpaired) electrons. The van der Waals surface area contributed by atoms with Crippen LogP contribution in [0.4, 0.5) is 10.1 Å².